The Morgan fingerprint density at radius 3 is 2.76 bits per heavy atom. The molecule has 0 aliphatic carbocycles. The summed E-state index contributed by atoms with van der Waals surface area (Å²) in [6.07, 6.45) is 0.741. The van der Waals surface area contributed by atoms with Crippen LogP contribution in [0.4, 0.5) is 0 Å². The lowest BCUT2D eigenvalue weighted by Gasteiger charge is -2.28. The molecule has 4 rings (SSSR count). The summed E-state index contributed by atoms with van der Waals surface area (Å²) < 4.78 is 11.1. The summed E-state index contributed by atoms with van der Waals surface area (Å²) in [6.45, 7) is 6.48. The van der Waals surface area contributed by atoms with Crippen molar-refractivity contribution < 1.29 is 28.7 Å². The predicted octanol–water partition coefficient (Wildman–Crippen LogP) is 0.335. The molecule has 1 saturated heterocycles. The average Bonchev–Trinajstić information content (AvgIpc) is 3.45. The molecule has 1 N–H and O–H groups in total. The van der Waals surface area contributed by atoms with Gasteiger partial charge in [-0.05, 0) is 36.3 Å². The van der Waals surface area contributed by atoms with E-state index in [0.29, 0.717) is 22.9 Å². The number of thiophene rings is 1. The Hall–Kier alpha value is -2.42. The zero-order valence-corrected chi connectivity index (χ0v) is 17.1. The molecule has 4 heterocycles. The Bertz CT molecular complexity index is 911. The predicted molar refractivity (Wildman–Crippen MR) is 105 cm³/mol. The van der Waals surface area contributed by atoms with Gasteiger partial charge in [0.2, 0.25) is 11.7 Å². The van der Waals surface area contributed by atoms with E-state index in [1.165, 1.54) is 21.1 Å². The standard InChI is InChI=1S/C21H24N2O5S/c1-14-5-6-15(28-14)18-17(19(24)16-4-2-13-29-16)20(25)21(26)23(18)8-3-7-22-9-11-27-12-10-22/h2,4-6,13,18,25H,3,7-12H2,1H3. The number of carbonyl (C=O) groups excluding carboxylic acids is 2. The number of morpholine rings is 1. The van der Waals surface area contributed by atoms with Crippen LogP contribution in [0.1, 0.15) is 33.7 Å². The maximum Gasteiger partial charge on any atom is 0.240 e. The molecule has 0 bridgehead atoms. The van der Waals surface area contributed by atoms with Crippen LogP contribution in [-0.2, 0) is 9.53 Å². The molecule has 1 fully saturated rings. The highest BCUT2D eigenvalue weighted by atomic mass is 32.1. The Morgan fingerprint density at radius 1 is 1.31 bits per heavy atom. The second kappa shape index (κ2) is 8.52. The topological polar surface area (TPSA) is 87.2 Å². The van der Waals surface area contributed by atoms with E-state index in [4.69, 9.17) is 9.15 Å². The fourth-order valence-corrected chi connectivity index (χ4v) is 4.62. The molecule has 2 aliphatic rings. The van der Waals surface area contributed by atoms with Crippen LogP contribution in [0.25, 0.3) is 0 Å². The fraction of sp³-hybridized carbons (Fsp3) is 0.429. The number of nitrogens with zero attached hydrogens (tertiary/aromatic N) is 1. The van der Waals surface area contributed by atoms with Gasteiger partial charge in [0, 0.05) is 18.5 Å². The first-order chi connectivity index (χ1) is 14.1. The molecule has 1 unspecified atom stereocenters. The summed E-state index contributed by atoms with van der Waals surface area (Å²) in [5, 5.41) is 14.6. The monoisotopic (exact) mass is 416 g/mol. The highest BCUT2D eigenvalue weighted by Crippen LogP contribution is 2.39. The Kier molecular flexibility index (Phi) is 5.84. The normalized spacial score (nSPS) is 20.7. The van der Waals surface area contributed by atoms with E-state index in [1.807, 2.05) is 0 Å². The molecule has 1 amide bonds. The lowest BCUT2D eigenvalue weighted by Crippen LogP contribution is -3.14. The SMILES string of the molecule is Cc1ccc(C2C(C(=O)c3cccs3)=C([O-])C(=O)N2CCC[NH+]2CCOCC2)o1. The summed E-state index contributed by atoms with van der Waals surface area (Å²) in [4.78, 5) is 29.2. The van der Waals surface area contributed by atoms with Gasteiger partial charge in [-0.1, -0.05) is 6.07 Å². The maximum atomic E-state index is 13.0. The number of hydrogen-bond acceptors (Lipinski definition) is 6. The van der Waals surface area contributed by atoms with Crippen LogP contribution in [-0.4, -0.2) is 56.0 Å². The summed E-state index contributed by atoms with van der Waals surface area (Å²) in [5.74, 6) is -0.603. The maximum absolute atomic E-state index is 13.0. The van der Waals surface area contributed by atoms with E-state index >= 15 is 0 Å². The zero-order chi connectivity index (χ0) is 20.4. The molecule has 2 aromatic rings. The molecule has 0 saturated carbocycles. The van der Waals surface area contributed by atoms with Crippen LogP contribution in [0.2, 0.25) is 0 Å². The van der Waals surface area contributed by atoms with Crippen molar-refractivity contribution in [3.8, 4) is 0 Å². The van der Waals surface area contributed by atoms with Gasteiger partial charge in [0.15, 0.2) is 0 Å². The first kappa shape index (κ1) is 19.9. The molecular weight excluding hydrogens is 392 g/mol. The quantitative estimate of drug-likeness (QED) is 0.658. The first-order valence-electron chi connectivity index (χ1n) is 9.84. The highest BCUT2D eigenvalue weighted by Gasteiger charge is 2.41. The molecule has 29 heavy (non-hydrogen) atoms. The molecule has 1 atom stereocenters. The Balaban J connectivity index is 1.57. The van der Waals surface area contributed by atoms with Gasteiger partial charge >= 0.3 is 0 Å². The first-order valence-corrected chi connectivity index (χ1v) is 10.7. The van der Waals surface area contributed by atoms with Crippen molar-refractivity contribution in [2.75, 3.05) is 39.4 Å². The van der Waals surface area contributed by atoms with Crippen molar-refractivity contribution in [1.29, 1.82) is 0 Å². The summed E-state index contributed by atoms with van der Waals surface area (Å²) in [6, 6.07) is 6.19. The van der Waals surface area contributed by atoms with E-state index in [1.54, 1.807) is 36.6 Å². The second-order valence-corrected chi connectivity index (χ2v) is 8.31. The molecule has 2 aliphatic heterocycles. The number of rotatable bonds is 7. The minimum absolute atomic E-state index is 0.00878. The van der Waals surface area contributed by atoms with Gasteiger partial charge in [0.1, 0.15) is 30.7 Å². The van der Waals surface area contributed by atoms with Gasteiger partial charge in [-0.2, -0.15) is 0 Å². The van der Waals surface area contributed by atoms with E-state index in [-0.39, 0.29) is 5.57 Å². The van der Waals surface area contributed by atoms with Crippen LogP contribution >= 0.6 is 11.3 Å². The highest BCUT2D eigenvalue weighted by molar-refractivity contribution is 7.12. The summed E-state index contributed by atoms with van der Waals surface area (Å²) in [5.41, 5.74) is -0.00878. The van der Waals surface area contributed by atoms with Crippen molar-refractivity contribution in [3.63, 3.8) is 0 Å². The fourth-order valence-electron chi connectivity index (χ4n) is 3.95. The number of ether oxygens (including phenoxy) is 1. The van der Waals surface area contributed by atoms with Gasteiger partial charge in [-0.15, -0.1) is 11.3 Å². The van der Waals surface area contributed by atoms with Gasteiger partial charge in [0.05, 0.1) is 24.6 Å². The molecular formula is C21H24N2O5S. The number of hydrogen-bond donors (Lipinski definition) is 1. The minimum atomic E-state index is -0.766. The van der Waals surface area contributed by atoms with E-state index in [2.05, 4.69) is 0 Å². The third-order valence-electron chi connectivity index (χ3n) is 5.43. The van der Waals surface area contributed by atoms with Gasteiger partial charge in [-0.25, -0.2) is 0 Å². The van der Waals surface area contributed by atoms with Gasteiger partial charge in [0.25, 0.3) is 0 Å². The van der Waals surface area contributed by atoms with E-state index in [0.717, 1.165) is 39.3 Å². The van der Waals surface area contributed by atoms with Crippen LogP contribution in [0.15, 0.2) is 45.4 Å². The lowest BCUT2D eigenvalue weighted by atomic mass is 10.00. The number of amides is 1. The zero-order valence-electron chi connectivity index (χ0n) is 16.3. The summed E-state index contributed by atoms with van der Waals surface area (Å²) >= 11 is 1.26. The molecule has 2 aromatic heterocycles. The largest absolute Gasteiger partial charge is 0.868 e. The number of aryl methyl sites for hydroxylation is 1. The van der Waals surface area contributed by atoms with Gasteiger partial charge < -0.3 is 24.1 Å². The number of quaternary nitrogens is 1. The van der Waals surface area contributed by atoms with E-state index < -0.39 is 23.5 Å². The molecule has 0 radical (unpaired) electrons. The average molecular weight is 416 g/mol. The third-order valence-corrected chi connectivity index (χ3v) is 6.30. The Labute approximate surface area is 173 Å². The smallest absolute Gasteiger partial charge is 0.240 e. The molecule has 0 spiro atoms. The number of carbonyl (C=O) groups is 2. The number of furan rings is 1. The molecule has 0 aromatic carbocycles. The van der Waals surface area contributed by atoms with Crippen molar-refractivity contribution >= 4 is 23.0 Å². The molecule has 7 nitrogen and oxygen atoms in total. The van der Waals surface area contributed by atoms with Gasteiger partial charge in [-0.3, -0.25) is 9.59 Å². The lowest BCUT2D eigenvalue weighted by molar-refractivity contribution is -0.908. The number of ketones is 1. The van der Waals surface area contributed by atoms with Crippen LogP contribution in [0, 0.1) is 6.92 Å². The van der Waals surface area contributed by atoms with Crippen molar-refractivity contribution in [2.45, 2.75) is 19.4 Å². The third kappa shape index (κ3) is 4.01. The van der Waals surface area contributed by atoms with Crippen molar-refractivity contribution in [1.82, 2.24) is 4.90 Å². The van der Waals surface area contributed by atoms with E-state index in [9.17, 15) is 14.7 Å². The summed E-state index contributed by atoms with van der Waals surface area (Å²) in [7, 11) is 0. The molecule has 154 valence electrons. The van der Waals surface area contributed by atoms with Crippen LogP contribution < -0.4 is 10.0 Å². The molecule has 8 heteroatoms. The van der Waals surface area contributed by atoms with Crippen molar-refractivity contribution in [3.05, 3.63) is 57.4 Å². The van der Waals surface area contributed by atoms with Crippen molar-refractivity contribution in [2.24, 2.45) is 0 Å². The minimum Gasteiger partial charge on any atom is -0.868 e. The number of nitrogens with one attached hydrogen (secondary N) is 1. The Morgan fingerprint density at radius 2 is 2.10 bits per heavy atom. The second-order valence-electron chi connectivity index (χ2n) is 7.36. The van der Waals surface area contributed by atoms with Crippen LogP contribution in [0.3, 0.4) is 0 Å². The van der Waals surface area contributed by atoms with Crippen LogP contribution in [0.5, 0.6) is 0 Å². The number of Topliss-reactive ketones (excluding diaryl/α,β-unsaturated/α-hetero) is 1.